The molecule has 0 fully saturated rings. The number of aromatic carboxylic acids is 1. The standard InChI is InChI=1S/C25H17FN2O3.Na/c26-22-9-5-4-8-20(22)17-10-11-21(25(30)31)23(13-17)28-24(29)19-12-18(14-27-15-19)16-6-2-1-3-7-16;/h1-15H,(H,28,29)(H,30,31);/q;+1/p-1. The second-order valence-electron chi connectivity index (χ2n) is 6.81. The quantitative estimate of drug-likeness (QED) is 0.479. The van der Waals surface area contributed by atoms with Gasteiger partial charge in [-0.3, -0.25) is 9.78 Å². The molecule has 0 unspecified atom stereocenters. The molecule has 5 nitrogen and oxygen atoms in total. The molecule has 32 heavy (non-hydrogen) atoms. The van der Waals surface area contributed by atoms with Gasteiger partial charge in [0.25, 0.3) is 5.91 Å². The topological polar surface area (TPSA) is 82.1 Å². The molecule has 3 aromatic carbocycles. The maximum atomic E-state index is 14.2. The number of hydrogen-bond acceptors (Lipinski definition) is 4. The summed E-state index contributed by atoms with van der Waals surface area (Å²) in [6.07, 6.45) is 3.03. The van der Waals surface area contributed by atoms with Gasteiger partial charge >= 0.3 is 29.6 Å². The van der Waals surface area contributed by atoms with Crippen molar-refractivity contribution in [1.82, 2.24) is 4.98 Å². The molecule has 0 saturated carbocycles. The molecule has 0 spiro atoms. The smallest absolute Gasteiger partial charge is 0.545 e. The van der Waals surface area contributed by atoms with E-state index >= 15 is 0 Å². The van der Waals surface area contributed by atoms with Gasteiger partial charge in [-0.2, -0.15) is 0 Å². The van der Waals surface area contributed by atoms with Crippen LogP contribution in [0.15, 0.2) is 91.3 Å². The van der Waals surface area contributed by atoms with Crippen LogP contribution in [0, 0.1) is 5.82 Å². The summed E-state index contributed by atoms with van der Waals surface area (Å²) in [4.78, 5) is 28.5. The van der Waals surface area contributed by atoms with E-state index in [1.165, 1.54) is 30.5 Å². The number of anilines is 1. The number of carboxylic acids is 1. The number of hydrogen-bond donors (Lipinski definition) is 1. The van der Waals surface area contributed by atoms with E-state index in [1.54, 1.807) is 30.5 Å². The Hall–Kier alpha value is -3.32. The average Bonchev–Trinajstić information content (AvgIpc) is 2.80. The van der Waals surface area contributed by atoms with Gasteiger partial charge in [0.2, 0.25) is 0 Å². The first kappa shape index (κ1) is 23.3. The fourth-order valence-corrected chi connectivity index (χ4v) is 3.24. The van der Waals surface area contributed by atoms with Crippen LogP contribution >= 0.6 is 0 Å². The molecule has 1 N–H and O–H groups in total. The van der Waals surface area contributed by atoms with Gasteiger partial charge in [-0.15, -0.1) is 0 Å². The van der Waals surface area contributed by atoms with E-state index in [1.807, 2.05) is 30.3 Å². The van der Waals surface area contributed by atoms with E-state index in [2.05, 4.69) is 10.3 Å². The minimum atomic E-state index is -1.45. The number of carboxylic acid groups (broad SMARTS) is 1. The fraction of sp³-hybridized carbons (Fsp3) is 0. The number of aromatic nitrogens is 1. The van der Waals surface area contributed by atoms with Gasteiger partial charge in [-0.25, -0.2) is 4.39 Å². The Bertz CT molecular complexity index is 1280. The molecule has 4 aromatic rings. The summed E-state index contributed by atoms with van der Waals surface area (Å²) < 4.78 is 14.2. The van der Waals surface area contributed by atoms with E-state index in [-0.39, 0.29) is 51.9 Å². The molecule has 0 atom stereocenters. The minimum Gasteiger partial charge on any atom is -0.545 e. The van der Waals surface area contributed by atoms with E-state index < -0.39 is 17.7 Å². The number of nitrogens with one attached hydrogen (secondary N) is 1. The van der Waals surface area contributed by atoms with Crippen LogP contribution in [-0.4, -0.2) is 16.9 Å². The summed E-state index contributed by atoms with van der Waals surface area (Å²) in [6, 6.07) is 21.4. The Morgan fingerprint density at radius 2 is 1.53 bits per heavy atom. The molecule has 1 amide bonds. The Morgan fingerprint density at radius 1 is 0.812 bits per heavy atom. The van der Waals surface area contributed by atoms with Crippen molar-refractivity contribution in [2.45, 2.75) is 0 Å². The van der Waals surface area contributed by atoms with Crippen LogP contribution < -0.4 is 40.0 Å². The van der Waals surface area contributed by atoms with Crippen molar-refractivity contribution in [2.24, 2.45) is 0 Å². The minimum absolute atomic E-state index is 0. The van der Waals surface area contributed by atoms with Crippen LogP contribution in [0.4, 0.5) is 10.1 Å². The number of rotatable bonds is 5. The number of benzene rings is 3. The third-order valence-electron chi connectivity index (χ3n) is 4.78. The molecular weight excluding hydrogens is 418 g/mol. The van der Waals surface area contributed by atoms with Crippen LogP contribution in [0.3, 0.4) is 0 Å². The Morgan fingerprint density at radius 3 is 2.25 bits per heavy atom. The molecule has 0 aliphatic heterocycles. The van der Waals surface area contributed by atoms with Crippen molar-refractivity contribution in [1.29, 1.82) is 0 Å². The number of carbonyl (C=O) groups is 2. The molecule has 0 aliphatic rings. The first-order chi connectivity index (χ1) is 15.0. The van der Waals surface area contributed by atoms with Crippen molar-refractivity contribution in [2.75, 3.05) is 5.32 Å². The van der Waals surface area contributed by atoms with Gasteiger partial charge in [0.1, 0.15) is 5.82 Å². The molecule has 0 radical (unpaired) electrons. The maximum Gasteiger partial charge on any atom is 1.00 e. The van der Waals surface area contributed by atoms with Crippen LogP contribution in [0.5, 0.6) is 0 Å². The third-order valence-corrected chi connectivity index (χ3v) is 4.78. The van der Waals surface area contributed by atoms with Gasteiger partial charge < -0.3 is 15.2 Å². The van der Waals surface area contributed by atoms with Crippen molar-refractivity contribution in [3.63, 3.8) is 0 Å². The fourth-order valence-electron chi connectivity index (χ4n) is 3.24. The molecule has 4 rings (SSSR count). The largest absolute Gasteiger partial charge is 1.00 e. The van der Waals surface area contributed by atoms with Crippen molar-refractivity contribution in [3.05, 3.63) is 108 Å². The van der Waals surface area contributed by atoms with E-state index in [9.17, 15) is 19.1 Å². The van der Waals surface area contributed by atoms with Crippen molar-refractivity contribution in [3.8, 4) is 22.3 Å². The molecule has 1 aromatic heterocycles. The van der Waals surface area contributed by atoms with Crippen LogP contribution in [-0.2, 0) is 0 Å². The normalized spacial score (nSPS) is 10.2. The van der Waals surface area contributed by atoms with E-state index in [0.29, 0.717) is 5.56 Å². The van der Waals surface area contributed by atoms with Gasteiger partial charge in [0, 0.05) is 29.1 Å². The van der Waals surface area contributed by atoms with E-state index in [4.69, 9.17) is 0 Å². The first-order valence-corrected chi connectivity index (χ1v) is 9.45. The van der Waals surface area contributed by atoms with Crippen LogP contribution in [0.2, 0.25) is 0 Å². The number of carbonyl (C=O) groups excluding carboxylic acids is 2. The van der Waals surface area contributed by atoms with Gasteiger partial charge in [-0.1, -0.05) is 60.7 Å². The second kappa shape index (κ2) is 10.3. The summed E-state index contributed by atoms with van der Waals surface area (Å²) in [5.74, 6) is -2.45. The summed E-state index contributed by atoms with van der Waals surface area (Å²) in [7, 11) is 0. The van der Waals surface area contributed by atoms with Gasteiger partial charge in [0.15, 0.2) is 0 Å². The molecule has 152 valence electrons. The number of amides is 1. The molecular formula is C25H16FN2NaO3. The second-order valence-corrected chi connectivity index (χ2v) is 6.81. The molecule has 1 heterocycles. The zero-order valence-electron chi connectivity index (χ0n) is 17.2. The zero-order chi connectivity index (χ0) is 21.8. The van der Waals surface area contributed by atoms with Crippen molar-refractivity contribution >= 4 is 17.6 Å². The average molecular weight is 434 g/mol. The predicted molar refractivity (Wildman–Crippen MR) is 114 cm³/mol. The summed E-state index contributed by atoms with van der Waals surface area (Å²) in [6.45, 7) is 0. The molecule has 0 saturated heterocycles. The summed E-state index contributed by atoms with van der Waals surface area (Å²) in [5.41, 5.74) is 2.40. The Balaban J connectivity index is 0.00000289. The Labute approximate surface area is 206 Å². The third kappa shape index (κ3) is 5.11. The maximum absolute atomic E-state index is 14.2. The number of pyridine rings is 1. The zero-order valence-corrected chi connectivity index (χ0v) is 19.2. The van der Waals surface area contributed by atoms with Crippen LogP contribution in [0.1, 0.15) is 20.7 Å². The SMILES string of the molecule is O=C(Nc1cc(-c2ccccc2F)ccc1C(=O)[O-])c1cncc(-c2ccccc2)c1.[Na+]. The molecule has 7 heteroatoms. The predicted octanol–water partition coefficient (Wildman–Crippen LogP) is 1.17. The monoisotopic (exact) mass is 434 g/mol. The van der Waals surface area contributed by atoms with Crippen LogP contribution in [0.25, 0.3) is 22.3 Å². The van der Waals surface area contributed by atoms with Gasteiger partial charge in [0.05, 0.1) is 17.2 Å². The van der Waals surface area contributed by atoms with E-state index in [0.717, 1.165) is 11.1 Å². The number of halogens is 1. The number of nitrogens with zero attached hydrogens (tertiary/aromatic N) is 1. The van der Waals surface area contributed by atoms with Gasteiger partial charge in [-0.05, 0) is 29.3 Å². The van der Waals surface area contributed by atoms with Crippen molar-refractivity contribution < 1.29 is 48.6 Å². The molecule has 0 bridgehead atoms. The molecule has 0 aliphatic carbocycles. The Kier molecular flexibility index (Phi) is 7.53. The summed E-state index contributed by atoms with van der Waals surface area (Å²) >= 11 is 0. The summed E-state index contributed by atoms with van der Waals surface area (Å²) in [5, 5.41) is 14.1. The first-order valence-electron chi connectivity index (χ1n) is 9.45.